The molecular formula is C17H27N3O3. The highest BCUT2D eigenvalue weighted by molar-refractivity contribution is 5.89. The normalized spacial score (nSPS) is 11.7. The number of urea groups is 1. The van der Waals surface area contributed by atoms with Crippen LogP contribution < -0.4 is 16.0 Å². The van der Waals surface area contributed by atoms with Crippen LogP contribution in [0.3, 0.4) is 0 Å². The van der Waals surface area contributed by atoms with Crippen molar-refractivity contribution < 1.29 is 14.7 Å². The number of amides is 3. The molecule has 128 valence electrons. The van der Waals surface area contributed by atoms with Crippen LogP contribution in [0.2, 0.25) is 0 Å². The molecule has 1 rings (SSSR count). The summed E-state index contributed by atoms with van der Waals surface area (Å²) < 4.78 is 0. The lowest BCUT2D eigenvalue weighted by atomic mass is 10.1. The van der Waals surface area contributed by atoms with Gasteiger partial charge in [-0.05, 0) is 52.3 Å². The number of benzene rings is 1. The molecule has 1 aromatic rings. The van der Waals surface area contributed by atoms with E-state index in [4.69, 9.17) is 5.11 Å². The van der Waals surface area contributed by atoms with Crippen molar-refractivity contribution in [3.05, 3.63) is 29.8 Å². The van der Waals surface area contributed by atoms with Gasteiger partial charge in [0.2, 0.25) is 5.91 Å². The molecule has 6 heteroatoms. The largest absolute Gasteiger partial charge is 0.394 e. The van der Waals surface area contributed by atoms with Crippen molar-refractivity contribution in [3.8, 4) is 0 Å². The summed E-state index contributed by atoms with van der Waals surface area (Å²) >= 11 is 0. The third-order valence-corrected chi connectivity index (χ3v) is 2.94. The summed E-state index contributed by atoms with van der Waals surface area (Å²) in [6.07, 6.45) is 0.220. The molecule has 6 nitrogen and oxygen atoms in total. The van der Waals surface area contributed by atoms with E-state index < -0.39 is 5.54 Å². The molecule has 0 aliphatic heterocycles. The predicted molar refractivity (Wildman–Crippen MR) is 91.4 cm³/mol. The molecule has 1 aromatic carbocycles. The minimum absolute atomic E-state index is 0.121. The Morgan fingerprint density at radius 2 is 1.57 bits per heavy atom. The summed E-state index contributed by atoms with van der Waals surface area (Å²) in [7, 11) is 0. The minimum atomic E-state index is -0.635. The average Bonchev–Trinajstić information content (AvgIpc) is 2.38. The summed E-state index contributed by atoms with van der Waals surface area (Å²) in [6, 6.07) is 6.81. The number of carbonyl (C=O) groups excluding carboxylic acids is 2. The van der Waals surface area contributed by atoms with E-state index >= 15 is 0 Å². The van der Waals surface area contributed by atoms with Crippen LogP contribution in [-0.4, -0.2) is 34.7 Å². The second-order valence-electron chi connectivity index (χ2n) is 7.29. The number of aliphatic hydroxyl groups is 1. The molecule has 23 heavy (non-hydrogen) atoms. The number of rotatable bonds is 5. The van der Waals surface area contributed by atoms with E-state index in [1.165, 1.54) is 0 Å². The molecule has 0 bridgehead atoms. The van der Waals surface area contributed by atoms with Gasteiger partial charge in [0.25, 0.3) is 0 Å². The number of anilines is 1. The van der Waals surface area contributed by atoms with Gasteiger partial charge in [-0.3, -0.25) is 4.79 Å². The fourth-order valence-electron chi connectivity index (χ4n) is 1.86. The summed E-state index contributed by atoms with van der Waals surface area (Å²) in [6.45, 7) is 9.11. The lowest BCUT2D eigenvalue weighted by Gasteiger charge is -2.23. The lowest BCUT2D eigenvalue weighted by molar-refractivity contribution is -0.122. The second-order valence-corrected chi connectivity index (χ2v) is 7.29. The fourth-order valence-corrected chi connectivity index (χ4v) is 1.86. The molecule has 0 aromatic heterocycles. The number of aliphatic hydroxyl groups excluding tert-OH is 1. The first-order chi connectivity index (χ1) is 10.5. The smallest absolute Gasteiger partial charge is 0.319 e. The lowest BCUT2D eigenvalue weighted by Crippen LogP contribution is -2.46. The quantitative estimate of drug-likeness (QED) is 0.669. The first-order valence-corrected chi connectivity index (χ1v) is 7.61. The van der Waals surface area contributed by atoms with Crippen LogP contribution in [0.15, 0.2) is 24.3 Å². The van der Waals surface area contributed by atoms with Crippen molar-refractivity contribution >= 4 is 17.6 Å². The molecule has 0 spiro atoms. The van der Waals surface area contributed by atoms with E-state index in [1.807, 2.05) is 20.8 Å². The highest BCUT2D eigenvalue weighted by Crippen LogP contribution is 2.11. The Bertz CT molecular complexity index is 545. The monoisotopic (exact) mass is 321 g/mol. The van der Waals surface area contributed by atoms with Crippen LogP contribution >= 0.6 is 0 Å². The molecule has 0 saturated heterocycles. The Labute approximate surface area is 137 Å². The van der Waals surface area contributed by atoms with Gasteiger partial charge >= 0.3 is 6.03 Å². The third kappa shape index (κ3) is 7.65. The summed E-state index contributed by atoms with van der Waals surface area (Å²) in [5.41, 5.74) is 0.551. The van der Waals surface area contributed by atoms with Gasteiger partial charge in [0, 0.05) is 11.2 Å². The molecule has 0 saturated carbocycles. The average molecular weight is 321 g/mol. The number of hydrogen-bond donors (Lipinski definition) is 4. The number of carbonyl (C=O) groups is 2. The van der Waals surface area contributed by atoms with E-state index in [-0.39, 0.29) is 30.5 Å². The van der Waals surface area contributed by atoms with Crippen LogP contribution in [0.25, 0.3) is 0 Å². The maximum Gasteiger partial charge on any atom is 0.319 e. The van der Waals surface area contributed by atoms with E-state index in [1.54, 1.807) is 38.1 Å². The van der Waals surface area contributed by atoms with E-state index in [0.717, 1.165) is 5.56 Å². The summed E-state index contributed by atoms with van der Waals surface area (Å²) in [5, 5.41) is 17.5. The van der Waals surface area contributed by atoms with Crippen LogP contribution in [0.4, 0.5) is 10.5 Å². The molecule has 4 N–H and O–H groups in total. The zero-order valence-electron chi connectivity index (χ0n) is 14.5. The van der Waals surface area contributed by atoms with E-state index in [9.17, 15) is 9.59 Å². The van der Waals surface area contributed by atoms with Crippen LogP contribution in [0, 0.1) is 0 Å². The van der Waals surface area contributed by atoms with Crippen molar-refractivity contribution in [3.63, 3.8) is 0 Å². The van der Waals surface area contributed by atoms with Gasteiger partial charge in [0.05, 0.1) is 18.6 Å². The highest BCUT2D eigenvalue weighted by Gasteiger charge is 2.19. The molecule has 0 fully saturated rings. The standard InChI is InChI=1S/C17H27N3O3/c1-16(2,3)20-15(23)18-13-8-6-12(7-9-13)10-14(22)19-17(4,5)11-21/h6-9,21H,10-11H2,1-5H3,(H,19,22)(H2,18,20,23). The molecular weight excluding hydrogens is 294 g/mol. The first-order valence-electron chi connectivity index (χ1n) is 7.61. The Balaban J connectivity index is 2.57. The molecule has 0 radical (unpaired) electrons. The van der Waals surface area contributed by atoms with Crippen molar-refractivity contribution in [1.29, 1.82) is 0 Å². The van der Waals surface area contributed by atoms with Crippen molar-refractivity contribution in [2.75, 3.05) is 11.9 Å². The predicted octanol–water partition coefficient (Wildman–Crippen LogP) is 2.04. The maximum absolute atomic E-state index is 11.9. The minimum Gasteiger partial charge on any atom is -0.394 e. The van der Waals surface area contributed by atoms with Gasteiger partial charge in [0.15, 0.2) is 0 Å². The summed E-state index contributed by atoms with van der Waals surface area (Å²) in [5.74, 6) is -0.157. The van der Waals surface area contributed by atoms with Gasteiger partial charge in [-0.25, -0.2) is 4.79 Å². The van der Waals surface area contributed by atoms with Crippen molar-refractivity contribution in [1.82, 2.24) is 10.6 Å². The fraction of sp³-hybridized carbons (Fsp3) is 0.529. The zero-order chi connectivity index (χ0) is 17.7. The van der Waals surface area contributed by atoms with Gasteiger partial charge in [-0.15, -0.1) is 0 Å². The van der Waals surface area contributed by atoms with Crippen LogP contribution in [-0.2, 0) is 11.2 Å². The Kier molecular flexibility index (Phi) is 6.15. The van der Waals surface area contributed by atoms with Crippen molar-refractivity contribution in [2.24, 2.45) is 0 Å². The maximum atomic E-state index is 11.9. The SMILES string of the molecule is CC(C)(C)NC(=O)Nc1ccc(CC(=O)NC(C)(C)CO)cc1. The van der Waals surface area contributed by atoms with Crippen LogP contribution in [0.5, 0.6) is 0 Å². The van der Waals surface area contributed by atoms with E-state index in [2.05, 4.69) is 16.0 Å². The van der Waals surface area contributed by atoms with Gasteiger partial charge in [0.1, 0.15) is 0 Å². The zero-order valence-corrected chi connectivity index (χ0v) is 14.5. The molecule has 0 heterocycles. The topological polar surface area (TPSA) is 90.5 Å². The van der Waals surface area contributed by atoms with Crippen LogP contribution in [0.1, 0.15) is 40.2 Å². The third-order valence-electron chi connectivity index (χ3n) is 2.94. The molecule has 0 aliphatic rings. The number of hydrogen-bond acceptors (Lipinski definition) is 3. The van der Waals surface area contributed by atoms with Crippen molar-refractivity contribution in [2.45, 2.75) is 52.1 Å². The van der Waals surface area contributed by atoms with Gasteiger partial charge in [-0.1, -0.05) is 12.1 Å². The Morgan fingerprint density at radius 3 is 2.04 bits per heavy atom. The molecule has 3 amide bonds. The van der Waals surface area contributed by atoms with E-state index in [0.29, 0.717) is 5.69 Å². The van der Waals surface area contributed by atoms with Gasteiger partial charge < -0.3 is 21.1 Å². The molecule has 0 unspecified atom stereocenters. The first kappa shape index (κ1) is 19.0. The molecule has 0 atom stereocenters. The second kappa shape index (κ2) is 7.46. The summed E-state index contributed by atoms with van der Waals surface area (Å²) in [4.78, 5) is 23.7. The molecule has 0 aliphatic carbocycles. The number of nitrogens with one attached hydrogen (secondary N) is 3. The Morgan fingerprint density at radius 1 is 1.00 bits per heavy atom. The van der Waals surface area contributed by atoms with Gasteiger partial charge in [-0.2, -0.15) is 0 Å². The Hall–Kier alpha value is -2.08. The highest BCUT2D eigenvalue weighted by atomic mass is 16.3.